The third-order valence-corrected chi connectivity index (χ3v) is 13.0. The maximum atomic E-state index is 2.45. The van der Waals surface area contributed by atoms with Crippen LogP contribution in [0.3, 0.4) is 0 Å². The molecular weight excluding hydrogens is 785 g/mol. The van der Waals surface area contributed by atoms with E-state index in [0.717, 1.165) is 28.3 Å². The molecule has 12 rings (SSSR count). The molecule has 0 aliphatic heterocycles. The van der Waals surface area contributed by atoms with Gasteiger partial charge in [0, 0.05) is 38.9 Å². The summed E-state index contributed by atoms with van der Waals surface area (Å²) in [4.78, 5) is 2.40. The second kappa shape index (κ2) is 16.0. The first-order chi connectivity index (χ1) is 32.1. The second-order valence-corrected chi connectivity index (χ2v) is 17.0. The fraction of sp³-hybridized carbons (Fsp3) is 0.0159. The van der Waals surface area contributed by atoms with Crippen LogP contribution in [0.4, 0.5) is 17.1 Å². The molecule has 65 heavy (non-hydrogen) atoms. The molecule has 12 aromatic rings. The first kappa shape index (κ1) is 38.2. The number of para-hydroxylation sites is 2. The van der Waals surface area contributed by atoms with E-state index in [0.29, 0.717) is 0 Å². The van der Waals surface area contributed by atoms with E-state index < -0.39 is 0 Å². The molecule has 2 nitrogen and oxygen atoms in total. The molecule has 0 amide bonds. The van der Waals surface area contributed by atoms with Crippen LogP contribution < -0.4 is 4.90 Å². The maximum Gasteiger partial charge on any atom is 0.0625 e. The minimum Gasteiger partial charge on any atom is -0.310 e. The summed E-state index contributed by atoms with van der Waals surface area (Å²) in [6.45, 7) is 2.18. The van der Waals surface area contributed by atoms with Crippen molar-refractivity contribution in [2.45, 2.75) is 6.92 Å². The second-order valence-electron chi connectivity index (χ2n) is 17.0. The lowest BCUT2D eigenvalue weighted by Gasteiger charge is -2.27. The Labute approximate surface area is 379 Å². The molecule has 0 atom stereocenters. The van der Waals surface area contributed by atoms with E-state index in [-0.39, 0.29) is 0 Å². The molecule has 0 aliphatic carbocycles. The highest BCUT2D eigenvalue weighted by molar-refractivity contribution is 6.24. The monoisotopic (exact) mass is 828 g/mol. The van der Waals surface area contributed by atoms with Crippen LogP contribution in [0.1, 0.15) is 5.56 Å². The summed E-state index contributed by atoms with van der Waals surface area (Å²) in [7, 11) is 0. The molecule has 0 fully saturated rings. The Morgan fingerprint density at radius 1 is 0.323 bits per heavy atom. The van der Waals surface area contributed by atoms with Crippen molar-refractivity contribution in [1.82, 2.24) is 4.57 Å². The van der Waals surface area contributed by atoms with Crippen molar-refractivity contribution in [3.05, 3.63) is 254 Å². The van der Waals surface area contributed by atoms with Gasteiger partial charge in [-0.15, -0.1) is 0 Å². The van der Waals surface area contributed by atoms with E-state index in [4.69, 9.17) is 0 Å². The number of benzene rings is 11. The van der Waals surface area contributed by atoms with Crippen molar-refractivity contribution < 1.29 is 0 Å². The van der Waals surface area contributed by atoms with Crippen molar-refractivity contribution in [3.63, 3.8) is 0 Å². The zero-order valence-corrected chi connectivity index (χ0v) is 36.1. The standard InChI is InChI=1S/C63H44N2/c1-43-38-50(44-16-4-2-5-17-44)40-51(39-43)45-30-34-53(35-31-45)64(54-36-32-47(33-37-54)57-28-15-20-46-18-8-10-25-56(46)57)55-24-14-21-48(41-55)60-42-49-19-9-11-26-58(49)63-62(60)59-27-12-13-29-61(59)65(63)52-22-6-3-7-23-52/h2-42H,1H3. The highest BCUT2D eigenvalue weighted by Crippen LogP contribution is 2.45. The van der Waals surface area contributed by atoms with Gasteiger partial charge in [0.2, 0.25) is 0 Å². The number of aryl methyl sites for hydroxylation is 1. The van der Waals surface area contributed by atoms with Gasteiger partial charge < -0.3 is 9.47 Å². The number of aromatic nitrogens is 1. The van der Waals surface area contributed by atoms with E-state index >= 15 is 0 Å². The number of hydrogen-bond acceptors (Lipinski definition) is 1. The first-order valence-corrected chi connectivity index (χ1v) is 22.4. The lowest BCUT2D eigenvalue weighted by Crippen LogP contribution is -2.10. The molecule has 0 unspecified atom stereocenters. The van der Waals surface area contributed by atoms with E-state index in [2.05, 4.69) is 265 Å². The van der Waals surface area contributed by atoms with Crippen molar-refractivity contribution in [3.8, 4) is 50.2 Å². The predicted octanol–water partition coefficient (Wildman–Crippen LogP) is 17.5. The van der Waals surface area contributed by atoms with Crippen LogP contribution in [-0.4, -0.2) is 4.57 Å². The summed E-state index contributed by atoms with van der Waals surface area (Å²) >= 11 is 0. The maximum absolute atomic E-state index is 2.45. The molecular formula is C63H44N2. The van der Waals surface area contributed by atoms with Crippen LogP contribution in [0.15, 0.2) is 249 Å². The van der Waals surface area contributed by atoms with Crippen LogP contribution in [0.2, 0.25) is 0 Å². The fourth-order valence-electron chi connectivity index (χ4n) is 9.98. The Balaban J connectivity index is 1.03. The fourth-order valence-corrected chi connectivity index (χ4v) is 9.98. The Morgan fingerprint density at radius 3 is 1.62 bits per heavy atom. The van der Waals surface area contributed by atoms with Gasteiger partial charge in [0.05, 0.1) is 11.0 Å². The van der Waals surface area contributed by atoms with Gasteiger partial charge in [-0.25, -0.2) is 0 Å². The van der Waals surface area contributed by atoms with E-state index in [1.54, 1.807) is 0 Å². The van der Waals surface area contributed by atoms with E-state index in [1.807, 2.05) is 0 Å². The molecule has 0 spiro atoms. The average molecular weight is 829 g/mol. The summed E-state index contributed by atoms with van der Waals surface area (Å²) in [5.41, 5.74) is 17.7. The molecule has 0 saturated carbocycles. The molecule has 0 N–H and O–H groups in total. The molecule has 2 heteroatoms. The van der Waals surface area contributed by atoms with Gasteiger partial charge in [0.1, 0.15) is 0 Å². The SMILES string of the molecule is Cc1cc(-c2ccccc2)cc(-c2ccc(N(c3ccc(-c4cccc5ccccc45)cc3)c3cccc(-c4cc5ccccc5c5c4c4ccccc4n5-c4ccccc4)c3)cc2)c1. The summed E-state index contributed by atoms with van der Waals surface area (Å²) in [6.07, 6.45) is 0. The van der Waals surface area contributed by atoms with Gasteiger partial charge in [0.15, 0.2) is 0 Å². The molecule has 0 aliphatic rings. The Bertz CT molecular complexity index is 3690. The van der Waals surface area contributed by atoms with E-state index in [1.165, 1.54) is 87.9 Å². The molecule has 1 heterocycles. The van der Waals surface area contributed by atoms with Crippen molar-refractivity contribution in [2.24, 2.45) is 0 Å². The number of nitrogens with zero attached hydrogens (tertiary/aromatic N) is 2. The highest BCUT2D eigenvalue weighted by Gasteiger charge is 2.21. The third-order valence-electron chi connectivity index (χ3n) is 13.0. The molecule has 11 aromatic carbocycles. The minimum atomic E-state index is 1.09. The topological polar surface area (TPSA) is 8.17 Å². The average Bonchev–Trinajstić information content (AvgIpc) is 3.73. The lowest BCUT2D eigenvalue weighted by molar-refractivity contribution is 1.19. The normalized spacial score (nSPS) is 11.5. The quantitative estimate of drug-likeness (QED) is 0.148. The summed E-state index contributed by atoms with van der Waals surface area (Å²) in [5.74, 6) is 0. The molecule has 0 bridgehead atoms. The third kappa shape index (κ3) is 6.84. The zero-order chi connectivity index (χ0) is 43.3. The van der Waals surface area contributed by atoms with Gasteiger partial charge >= 0.3 is 0 Å². The lowest BCUT2D eigenvalue weighted by atomic mass is 9.94. The summed E-state index contributed by atoms with van der Waals surface area (Å²) in [6, 6.07) is 90.8. The van der Waals surface area contributed by atoms with Gasteiger partial charge in [0.25, 0.3) is 0 Å². The van der Waals surface area contributed by atoms with Gasteiger partial charge in [-0.2, -0.15) is 0 Å². The van der Waals surface area contributed by atoms with Crippen LogP contribution >= 0.6 is 0 Å². The molecule has 0 saturated heterocycles. The van der Waals surface area contributed by atoms with Gasteiger partial charge in [-0.1, -0.05) is 182 Å². The largest absolute Gasteiger partial charge is 0.310 e. The number of fused-ring (bicyclic) bond motifs is 6. The van der Waals surface area contributed by atoms with Crippen LogP contribution in [0.25, 0.3) is 93.5 Å². The van der Waals surface area contributed by atoms with Crippen molar-refractivity contribution in [1.29, 1.82) is 0 Å². The van der Waals surface area contributed by atoms with Crippen LogP contribution in [0, 0.1) is 6.92 Å². The Morgan fingerprint density at radius 2 is 0.877 bits per heavy atom. The highest BCUT2D eigenvalue weighted by atomic mass is 15.1. The Hall–Kier alpha value is -8.46. The van der Waals surface area contributed by atoms with Crippen molar-refractivity contribution in [2.75, 3.05) is 4.90 Å². The predicted molar refractivity (Wildman–Crippen MR) is 277 cm³/mol. The van der Waals surface area contributed by atoms with Crippen LogP contribution in [0.5, 0.6) is 0 Å². The zero-order valence-electron chi connectivity index (χ0n) is 36.1. The Kier molecular flexibility index (Phi) is 9.43. The number of hydrogen-bond donors (Lipinski definition) is 0. The van der Waals surface area contributed by atoms with Gasteiger partial charge in [-0.3, -0.25) is 0 Å². The number of anilines is 3. The smallest absolute Gasteiger partial charge is 0.0625 e. The number of rotatable bonds is 8. The van der Waals surface area contributed by atoms with Crippen LogP contribution in [-0.2, 0) is 0 Å². The van der Waals surface area contributed by atoms with Gasteiger partial charge in [-0.05, 0) is 140 Å². The van der Waals surface area contributed by atoms with Crippen molar-refractivity contribution >= 4 is 60.4 Å². The summed E-state index contributed by atoms with van der Waals surface area (Å²) in [5, 5.41) is 7.43. The minimum absolute atomic E-state index is 1.09. The molecule has 306 valence electrons. The van der Waals surface area contributed by atoms with E-state index in [9.17, 15) is 0 Å². The first-order valence-electron chi connectivity index (χ1n) is 22.4. The molecule has 1 aromatic heterocycles. The molecule has 0 radical (unpaired) electrons. The summed E-state index contributed by atoms with van der Waals surface area (Å²) < 4.78 is 2.45.